The third-order valence-electron chi connectivity index (χ3n) is 16.8. The van der Waals surface area contributed by atoms with Crippen molar-refractivity contribution in [2.75, 3.05) is 40.9 Å². The number of likely N-dealkylation sites (N-methyl/N-ethyl adjacent to an activating group) is 1. The molecule has 0 aromatic heterocycles. The van der Waals surface area contributed by atoms with Gasteiger partial charge in [0.1, 0.15) is 13.2 Å². The van der Waals surface area contributed by atoms with Crippen molar-refractivity contribution < 1.29 is 32.9 Å². The summed E-state index contributed by atoms with van der Waals surface area (Å²) in [5.74, 6) is -0.134. The number of rotatable bonds is 67. The second-order valence-corrected chi connectivity index (χ2v) is 27.4. The highest BCUT2D eigenvalue weighted by atomic mass is 31.2. The van der Waals surface area contributed by atoms with Crippen molar-refractivity contribution in [1.82, 2.24) is 5.32 Å². The predicted octanol–water partition coefficient (Wildman–Crippen LogP) is 22.5. The molecule has 0 aliphatic rings. The summed E-state index contributed by atoms with van der Waals surface area (Å²) >= 11 is 0. The minimum Gasteiger partial charge on any atom is -0.391 e. The van der Waals surface area contributed by atoms with Gasteiger partial charge in [0, 0.05) is 6.42 Å². The topological polar surface area (TPSA) is 105 Å². The van der Waals surface area contributed by atoms with Crippen LogP contribution in [0, 0.1) is 0 Å². The highest BCUT2D eigenvalue weighted by Gasteiger charge is 2.28. The monoisotopic (exact) mass is 1140 g/mol. The largest absolute Gasteiger partial charge is 0.472 e. The van der Waals surface area contributed by atoms with Gasteiger partial charge in [-0.25, -0.2) is 4.57 Å². The van der Waals surface area contributed by atoms with E-state index in [1.54, 1.807) is 0 Å². The zero-order chi connectivity index (χ0) is 57.7. The Morgan fingerprint density at radius 1 is 0.418 bits per heavy atom. The molecule has 0 fully saturated rings. The molecule has 8 nitrogen and oxygen atoms in total. The molecular weight excluding hydrogens is 996 g/mol. The Balaban J connectivity index is 3.94. The molecule has 0 aromatic rings. The number of carbonyl (C=O) groups is 1. The Hall–Kier alpha value is -0.760. The fourth-order valence-corrected chi connectivity index (χ4v) is 12.0. The number of phosphoric acid groups is 1. The number of unbranched alkanes of at least 4 members (excludes halogenated alkanes) is 52. The van der Waals surface area contributed by atoms with Crippen LogP contribution >= 0.6 is 7.82 Å². The van der Waals surface area contributed by atoms with E-state index in [0.29, 0.717) is 23.9 Å². The lowest BCUT2D eigenvalue weighted by Gasteiger charge is -2.26. The van der Waals surface area contributed by atoms with Gasteiger partial charge in [0.05, 0.1) is 39.9 Å². The minimum atomic E-state index is -4.33. The molecule has 3 atom stereocenters. The smallest absolute Gasteiger partial charge is 0.391 e. The van der Waals surface area contributed by atoms with Crippen LogP contribution in [0.4, 0.5) is 0 Å². The fourth-order valence-electron chi connectivity index (χ4n) is 11.2. The summed E-state index contributed by atoms with van der Waals surface area (Å²) in [5.41, 5.74) is 0. The maximum Gasteiger partial charge on any atom is 0.472 e. The third kappa shape index (κ3) is 64.7. The molecule has 0 aromatic carbocycles. The molecule has 9 heteroatoms. The normalized spacial score (nSPS) is 13.7. The van der Waals surface area contributed by atoms with Crippen LogP contribution in [-0.4, -0.2) is 73.4 Å². The van der Waals surface area contributed by atoms with Gasteiger partial charge >= 0.3 is 7.82 Å². The molecule has 472 valence electrons. The van der Waals surface area contributed by atoms with E-state index >= 15 is 0 Å². The lowest BCUT2D eigenvalue weighted by atomic mass is 10.0. The Morgan fingerprint density at radius 2 is 0.684 bits per heavy atom. The van der Waals surface area contributed by atoms with Crippen LogP contribution in [0.2, 0.25) is 0 Å². The number of aliphatic hydroxyl groups is 1. The van der Waals surface area contributed by atoms with Gasteiger partial charge in [-0.1, -0.05) is 347 Å². The molecule has 0 saturated heterocycles. The standard InChI is InChI=1S/C70H141N2O6P/c1-6-8-10-12-14-16-18-20-22-24-26-28-30-31-32-33-34-35-36-37-38-39-40-41-42-44-46-48-50-52-54-56-58-60-62-64-70(74)71-68(67-78-79(75,76)77-66-65-72(3,4)5)69(73)63-61-59-57-55-53-51-49-47-45-43-29-27-25-23-21-19-17-15-13-11-9-7-2/h24,26,68-69,73H,6-23,25,27-67H2,1-5H3,(H-,71,74,75,76)/p+1/b26-24-. The van der Waals surface area contributed by atoms with Gasteiger partial charge in [-0.2, -0.15) is 0 Å². The van der Waals surface area contributed by atoms with Gasteiger partial charge in [-0.15, -0.1) is 0 Å². The number of aliphatic hydroxyl groups excluding tert-OH is 1. The quantitative estimate of drug-likeness (QED) is 0.0243. The second kappa shape index (κ2) is 61.8. The number of quaternary nitrogens is 1. The van der Waals surface area contributed by atoms with E-state index in [4.69, 9.17) is 9.05 Å². The number of carbonyl (C=O) groups excluding carboxylic acids is 1. The Kier molecular flexibility index (Phi) is 61.2. The first-order chi connectivity index (χ1) is 38.5. The van der Waals surface area contributed by atoms with Crippen molar-refractivity contribution in [3.63, 3.8) is 0 Å². The maximum atomic E-state index is 13.1. The first-order valence-electron chi connectivity index (χ1n) is 35.6. The van der Waals surface area contributed by atoms with E-state index in [1.165, 1.54) is 315 Å². The molecule has 1 amide bonds. The van der Waals surface area contributed by atoms with Gasteiger partial charge in [0.15, 0.2) is 0 Å². The molecule has 0 aliphatic carbocycles. The molecule has 0 spiro atoms. The Labute approximate surface area is 494 Å². The van der Waals surface area contributed by atoms with Crippen LogP contribution < -0.4 is 5.32 Å². The van der Waals surface area contributed by atoms with Crippen molar-refractivity contribution in [3.8, 4) is 0 Å². The minimum absolute atomic E-state index is 0.0786. The summed E-state index contributed by atoms with van der Waals surface area (Å²) in [5, 5.41) is 14.1. The molecule has 0 bridgehead atoms. The molecule has 3 unspecified atom stereocenters. The summed E-state index contributed by atoms with van der Waals surface area (Å²) in [6.45, 7) is 4.96. The number of hydrogen-bond acceptors (Lipinski definition) is 5. The molecule has 3 N–H and O–H groups in total. The number of allylic oxidation sites excluding steroid dienone is 2. The van der Waals surface area contributed by atoms with Crippen LogP contribution in [0.15, 0.2) is 12.2 Å². The van der Waals surface area contributed by atoms with Crippen LogP contribution in [0.3, 0.4) is 0 Å². The summed E-state index contributed by atoms with van der Waals surface area (Å²) in [4.78, 5) is 23.5. The van der Waals surface area contributed by atoms with Crippen molar-refractivity contribution in [2.24, 2.45) is 0 Å². The number of nitrogens with one attached hydrogen (secondary N) is 1. The Bertz CT molecular complexity index is 1290. The van der Waals surface area contributed by atoms with Crippen molar-refractivity contribution >= 4 is 13.7 Å². The second-order valence-electron chi connectivity index (χ2n) is 26.0. The van der Waals surface area contributed by atoms with E-state index in [-0.39, 0.29) is 19.1 Å². The van der Waals surface area contributed by atoms with Gasteiger partial charge in [-0.05, 0) is 38.5 Å². The van der Waals surface area contributed by atoms with E-state index in [0.717, 1.165) is 38.5 Å². The summed E-state index contributed by atoms with van der Waals surface area (Å²) < 4.78 is 23.9. The predicted molar refractivity (Wildman–Crippen MR) is 346 cm³/mol. The molecule has 0 saturated carbocycles. The van der Waals surface area contributed by atoms with Gasteiger partial charge in [0.2, 0.25) is 5.91 Å². The Morgan fingerprint density at radius 3 is 0.975 bits per heavy atom. The van der Waals surface area contributed by atoms with E-state index in [2.05, 4.69) is 31.3 Å². The summed E-state index contributed by atoms with van der Waals surface area (Å²) in [6, 6.07) is -0.758. The summed E-state index contributed by atoms with van der Waals surface area (Å²) in [6.07, 6.45) is 78.9. The lowest BCUT2D eigenvalue weighted by molar-refractivity contribution is -0.870. The van der Waals surface area contributed by atoms with Crippen LogP contribution in [-0.2, 0) is 18.4 Å². The van der Waals surface area contributed by atoms with Crippen LogP contribution in [0.5, 0.6) is 0 Å². The zero-order valence-corrected chi connectivity index (χ0v) is 55.1. The zero-order valence-electron chi connectivity index (χ0n) is 54.2. The third-order valence-corrected chi connectivity index (χ3v) is 17.7. The molecule has 79 heavy (non-hydrogen) atoms. The van der Waals surface area contributed by atoms with E-state index in [9.17, 15) is 19.4 Å². The van der Waals surface area contributed by atoms with Crippen LogP contribution in [0.1, 0.15) is 380 Å². The molecule has 0 heterocycles. The van der Waals surface area contributed by atoms with Crippen molar-refractivity contribution in [3.05, 3.63) is 12.2 Å². The first kappa shape index (κ1) is 78.2. The molecular formula is C70H142N2O6P+. The molecule has 0 aliphatic heterocycles. The lowest BCUT2D eigenvalue weighted by Crippen LogP contribution is -2.46. The molecule has 0 radical (unpaired) electrons. The first-order valence-corrected chi connectivity index (χ1v) is 37.0. The SMILES string of the molecule is CCCCCCCCCC/C=C\CCCCCCCCCCCCCCCCCCCCCCCCCC(=O)NC(COP(=O)(O)OCC[N+](C)(C)C)C(O)CCCCCCCCCCCCCCCCCCCCCCCC. The van der Waals surface area contributed by atoms with Crippen molar-refractivity contribution in [2.45, 2.75) is 392 Å². The van der Waals surface area contributed by atoms with E-state index in [1.807, 2.05) is 21.1 Å². The van der Waals surface area contributed by atoms with Gasteiger partial charge in [-0.3, -0.25) is 13.8 Å². The highest BCUT2D eigenvalue weighted by Crippen LogP contribution is 2.43. The van der Waals surface area contributed by atoms with E-state index < -0.39 is 20.0 Å². The average Bonchev–Trinajstić information content (AvgIpc) is 3.42. The van der Waals surface area contributed by atoms with Crippen molar-refractivity contribution in [1.29, 1.82) is 0 Å². The fraction of sp³-hybridized carbons (Fsp3) is 0.957. The number of phosphoric ester groups is 1. The number of hydrogen-bond donors (Lipinski definition) is 3. The molecule has 0 rings (SSSR count). The number of amides is 1. The highest BCUT2D eigenvalue weighted by molar-refractivity contribution is 7.47. The average molecular weight is 1140 g/mol. The van der Waals surface area contributed by atoms with Gasteiger partial charge < -0.3 is 19.8 Å². The van der Waals surface area contributed by atoms with Crippen LogP contribution in [0.25, 0.3) is 0 Å². The summed E-state index contributed by atoms with van der Waals surface area (Å²) in [7, 11) is 1.64. The maximum absolute atomic E-state index is 13.1. The number of nitrogens with zero attached hydrogens (tertiary/aromatic N) is 1. The van der Waals surface area contributed by atoms with Gasteiger partial charge in [0.25, 0.3) is 0 Å².